The van der Waals surface area contributed by atoms with E-state index in [0.29, 0.717) is 40.9 Å². The van der Waals surface area contributed by atoms with Crippen LogP contribution in [0.25, 0.3) is 5.76 Å². The fraction of sp³-hybridized carbons (Fsp3) is 0.259. The smallest absolute Gasteiger partial charge is 0.296 e. The number of likely N-dealkylation sites (tertiary alicyclic amines) is 1. The van der Waals surface area contributed by atoms with Gasteiger partial charge in [-0.3, -0.25) is 9.59 Å². The maximum absolute atomic E-state index is 13.2. The Morgan fingerprint density at radius 3 is 2.53 bits per heavy atom. The summed E-state index contributed by atoms with van der Waals surface area (Å²) in [6.45, 7) is 4.67. The van der Waals surface area contributed by atoms with Crippen molar-refractivity contribution in [2.75, 3.05) is 13.7 Å². The van der Waals surface area contributed by atoms with Crippen LogP contribution < -0.4 is 9.47 Å². The Morgan fingerprint density at radius 1 is 1.06 bits per heavy atom. The molecule has 1 fully saturated rings. The molecule has 7 heteroatoms. The molecule has 7 nitrogen and oxygen atoms in total. The largest absolute Gasteiger partial charge is 0.507 e. The Balaban J connectivity index is 1.81. The quantitative estimate of drug-likeness (QED) is 0.290. The molecule has 0 spiro atoms. The second-order valence-corrected chi connectivity index (χ2v) is 8.52. The second kappa shape index (κ2) is 9.87. The number of furan rings is 1. The van der Waals surface area contributed by atoms with Gasteiger partial charge in [0.2, 0.25) is 0 Å². The van der Waals surface area contributed by atoms with E-state index in [0.717, 1.165) is 0 Å². The van der Waals surface area contributed by atoms with Gasteiger partial charge in [0.15, 0.2) is 0 Å². The van der Waals surface area contributed by atoms with E-state index in [-0.39, 0.29) is 17.9 Å². The molecule has 0 bridgehead atoms. The number of benzene rings is 2. The van der Waals surface area contributed by atoms with Gasteiger partial charge in [0, 0.05) is 5.56 Å². The first-order valence-electron chi connectivity index (χ1n) is 11.1. The summed E-state index contributed by atoms with van der Waals surface area (Å²) in [5.74, 6) is 0.272. The SMILES string of the molecule is COc1cccc(C2/C(=C(/O)c3cccc(OCC(C)C)c3)C(=O)C(=O)N2Cc2ccco2)c1. The topological polar surface area (TPSA) is 89.2 Å². The van der Waals surface area contributed by atoms with Gasteiger partial charge in [0.1, 0.15) is 23.0 Å². The molecule has 0 aliphatic carbocycles. The van der Waals surface area contributed by atoms with Gasteiger partial charge < -0.3 is 23.9 Å². The molecule has 2 aromatic carbocycles. The number of ketones is 1. The monoisotopic (exact) mass is 461 g/mol. The molecular formula is C27H27NO6. The van der Waals surface area contributed by atoms with E-state index >= 15 is 0 Å². The number of ether oxygens (including phenoxy) is 2. The summed E-state index contributed by atoms with van der Waals surface area (Å²) in [4.78, 5) is 27.7. The first kappa shape index (κ1) is 23.2. The maximum atomic E-state index is 13.2. The number of nitrogens with zero attached hydrogens (tertiary/aromatic N) is 1. The minimum absolute atomic E-state index is 0.00539. The molecule has 1 atom stereocenters. The predicted molar refractivity (Wildman–Crippen MR) is 126 cm³/mol. The van der Waals surface area contributed by atoms with E-state index in [1.807, 2.05) is 13.8 Å². The number of rotatable bonds is 8. The van der Waals surface area contributed by atoms with Gasteiger partial charge in [-0.1, -0.05) is 38.1 Å². The van der Waals surface area contributed by atoms with Crippen molar-refractivity contribution in [1.82, 2.24) is 4.90 Å². The van der Waals surface area contributed by atoms with Gasteiger partial charge in [-0.05, 0) is 47.9 Å². The lowest BCUT2D eigenvalue weighted by Gasteiger charge is -2.24. The van der Waals surface area contributed by atoms with Crippen molar-refractivity contribution in [3.8, 4) is 11.5 Å². The Labute approximate surface area is 198 Å². The third-order valence-electron chi connectivity index (χ3n) is 5.55. The molecule has 0 saturated carbocycles. The number of aliphatic hydroxyl groups is 1. The molecule has 176 valence electrons. The van der Waals surface area contributed by atoms with Crippen LogP contribution in [0.1, 0.15) is 36.8 Å². The van der Waals surface area contributed by atoms with Gasteiger partial charge in [-0.15, -0.1) is 0 Å². The van der Waals surface area contributed by atoms with Crippen LogP contribution in [0.4, 0.5) is 0 Å². The zero-order valence-electron chi connectivity index (χ0n) is 19.4. The molecule has 1 aliphatic rings. The maximum Gasteiger partial charge on any atom is 0.296 e. The fourth-order valence-electron chi connectivity index (χ4n) is 3.92. The highest BCUT2D eigenvalue weighted by Crippen LogP contribution is 2.41. The molecule has 3 aromatic rings. The summed E-state index contributed by atoms with van der Waals surface area (Å²) in [7, 11) is 1.54. The molecule has 0 radical (unpaired) electrons. The van der Waals surface area contributed by atoms with Crippen molar-refractivity contribution >= 4 is 17.4 Å². The lowest BCUT2D eigenvalue weighted by Crippen LogP contribution is -2.29. The van der Waals surface area contributed by atoms with E-state index in [9.17, 15) is 14.7 Å². The molecule has 1 unspecified atom stereocenters. The molecule has 2 heterocycles. The first-order valence-corrected chi connectivity index (χ1v) is 11.1. The highest BCUT2D eigenvalue weighted by atomic mass is 16.5. The number of carbonyl (C=O) groups is 2. The summed E-state index contributed by atoms with van der Waals surface area (Å²) in [6, 6.07) is 16.6. The van der Waals surface area contributed by atoms with E-state index in [2.05, 4.69) is 0 Å². The van der Waals surface area contributed by atoms with E-state index < -0.39 is 17.7 Å². The minimum Gasteiger partial charge on any atom is -0.507 e. The number of carbonyl (C=O) groups excluding carboxylic acids is 2. The van der Waals surface area contributed by atoms with Gasteiger partial charge in [-0.2, -0.15) is 0 Å². The Kier molecular flexibility index (Phi) is 6.72. The number of amides is 1. The van der Waals surface area contributed by atoms with Crippen LogP contribution in [0.5, 0.6) is 11.5 Å². The van der Waals surface area contributed by atoms with E-state index in [1.165, 1.54) is 11.2 Å². The van der Waals surface area contributed by atoms with Crippen molar-refractivity contribution < 1.29 is 28.6 Å². The lowest BCUT2D eigenvalue weighted by atomic mass is 9.95. The zero-order chi connectivity index (χ0) is 24.2. The molecule has 1 aliphatic heterocycles. The van der Waals surface area contributed by atoms with Crippen LogP contribution in [0, 0.1) is 5.92 Å². The zero-order valence-corrected chi connectivity index (χ0v) is 19.4. The second-order valence-electron chi connectivity index (χ2n) is 8.52. The molecule has 4 rings (SSSR count). The number of hydrogen-bond acceptors (Lipinski definition) is 6. The third-order valence-corrected chi connectivity index (χ3v) is 5.55. The summed E-state index contributed by atoms with van der Waals surface area (Å²) in [5, 5.41) is 11.3. The van der Waals surface area contributed by atoms with Crippen molar-refractivity contribution in [2.24, 2.45) is 5.92 Å². The third kappa shape index (κ3) is 4.69. The summed E-state index contributed by atoms with van der Waals surface area (Å²) in [5.41, 5.74) is 1.04. The van der Waals surface area contributed by atoms with Gasteiger partial charge >= 0.3 is 0 Å². The highest BCUT2D eigenvalue weighted by Gasteiger charge is 2.46. The summed E-state index contributed by atoms with van der Waals surface area (Å²) in [6.07, 6.45) is 1.51. The van der Waals surface area contributed by atoms with Crippen LogP contribution in [-0.4, -0.2) is 35.4 Å². The predicted octanol–water partition coefficient (Wildman–Crippen LogP) is 4.94. The fourth-order valence-corrected chi connectivity index (χ4v) is 3.92. The molecule has 34 heavy (non-hydrogen) atoms. The van der Waals surface area contributed by atoms with Crippen LogP contribution in [-0.2, 0) is 16.1 Å². The first-order chi connectivity index (χ1) is 16.4. The van der Waals surface area contributed by atoms with Crippen molar-refractivity contribution in [3.05, 3.63) is 89.4 Å². The average Bonchev–Trinajstić information content (AvgIpc) is 3.45. The van der Waals surface area contributed by atoms with Crippen LogP contribution in [0.2, 0.25) is 0 Å². The summed E-state index contributed by atoms with van der Waals surface area (Å²) >= 11 is 0. The minimum atomic E-state index is -0.819. The number of methoxy groups -OCH3 is 1. The van der Waals surface area contributed by atoms with Crippen LogP contribution in [0.3, 0.4) is 0 Å². The normalized spacial score (nSPS) is 17.4. The molecule has 1 amide bonds. The van der Waals surface area contributed by atoms with E-state index in [1.54, 1.807) is 67.8 Å². The van der Waals surface area contributed by atoms with Gasteiger partial charge in [-0.25, -0.2) is 0 Å². The average molecular weight is 462 g/mol. The van der Waals surface area contributed by atoms with Crippen LogP contribution >= 0.6 is 0 Å². The number of Topliss-reactive ketones (excluding diaryl/α,β-unsaturated/α-hetero) is 1. The lowest BCUT2D eigenvalue weighted by molar-refractivity contribution is -0.140. The van der Waals surface area contributed by atoms with Gasteiger partial charge in [0.05, 0.1) is 38.1 Å². The standard InChI is InChI=1S/C27H27NO6/c1-17(2)16-34-21-10-5-8-19(14-21)25(29)23-24(18-7-4-9-20(13-18)32-3)28(27(31)26(23)30)15-22-11-6-12-33-22/h4-14,17,24,29H,15-16H2,1-3H3/b25-23-. The van der Waals surface area contributed by atoms with Crippen molar-refractivity contribution in [2.45, 2.75) is 26.4 Å². The molecular weight excluding hydrogens is 434 g/mol. The molecule has 1 saturated heterocycles. The molecule has 1 N–H and O–H groups in total. The number of aliphatic hydroxyl groups excluding tert-OH is 1. The summed E-state index contributed by atoms with van der Waals surface area (Å²) < 4.78 is 16.6. The van der Waals surface area contributed by atoms with Crippen molar-refractivity contribution in [1.29, 1.82) is 0 Å². The van der Waals surface area contributed by atoms with Crippen LogP contribution in [0.15, 0.2) is 76.9 Å². The highest BCUT2D eigenvalue weighted by molar-refractivity contribution is 6.46. The van der Waals surface area contributed by atoms with Gasteiger partial charge in [0.25, 0.3) is 11.7 Å². The Hall–Kier alpha value is -4.00. The number of hydrogen-bond donors (Lipinski definition) is 1. The Bertz CT molecular complexity index is 1210. The van der Waals surface area contributed by atoms with Crippen molar-refractivity contribution in [3.63, 3.8) is 0 Å². The molecule has 1 aromatic heterocycles. The Morgan fingerprint density at radius 2 is 1.82 bits per heavy atom. The van der Waals surface area contributed by atoms with E-state index in [4.69, 9.17) is 13.9 Å².